The summed E-state index contributed by atoms with van der Waals surface area (Å²) < 4.78 is 21.1. The molecule has 8 nitrogen and oxygen atoms in total. The third kappa shape index (κ3) is 3.18. The Bertz CT molecular complexity index is 1220. The summed E-state index contributed by atoms with van der Waals surface area (Å²) in [4.78, 5) is 23.6. The molecule has 1 saturated heterocycles. The van der Waals surface area contributed by atoms with Crippen molar-refractivity contribution in [2.45, 2.75) is 5.60 Å². The minimum Gasteiger partial charge on any atom is -0.380 e. The van der Waals surface area contributed by atoms with Gasteiger partial charge in [0.2, 0.25) is 0 Å². The molecule has 0 saturated carbocycles. The van der Waals surface area contributed by atoms with E-state index in [-0.39, 0.29) is 40.1 Å². The van der Waals surface area contributed by atoms with Crippen LogP contribution in [0.15, 0.2) is 45.7 Å². The predicted molar refractivity (Wildman–Crippen MR) is 108 cm³/mol. The summed E-state index contributed by atoms with van der Waals surface area (Å²) in [6, 6.07) is 8.51. The number of hydrogen-bond donors (Lipinski definition) is 2. The second kappa shape index (κ2) is 6.90. The van der Waals surface area contributed by atoms with E-state index in [0.29, 0.717) is 11.1 Å². The van der Waals surface area contributed by atoms with Crippen LogP contribution < -0.4 is 10.9 Å². The van der Waals surface area contributed by atoms with Crippen molar-refractivity contribution in [2.75, 3.05) is 18.5 Å². The summed E-state index contributed by atoms with van der Waals surface area (Å²) in [7, 11) is 1.49. The standard InChI is InChI=1S/C19H15BrFN3O5/c1-23-15-5-3-12(20)17(21)11(15)7-14(18(23)25)22-13-6-10(19(26)8-29-9-19)2-4-16(13)24(27)28/h2-7,22,26H,8-9H2,1H3. The number of ether oxygens (including phenoxy) is 1. The molecular formula is C19H15BrFN3O5. The van der Waals surface area contributed by atoms with Gasteiger partial charge in [-0.15, -0.1) is 0 Å². The number of nitrogens with zero attached hydrogens (tertiary/aromatic N) is 2. The first-order valence-corrected chi connectivity index (χ1v) is 9.34. The highest BCUT2D eigenvalue weighted by molar-refractivity contribution is 9.10. The molecule has 29 heavy (non-hydrogen) atoms. The van der Waals surface area contributed by atoms with Crippen molar-refractivity contribution in [1.82, 2.24) is 4.57 Å². The molecule has 0 aliphatic carbocycles. The zero-order chi connectivity index (χ0) is 20.9. The number of aryl methyl sites for hydroxylation is 1. The Labute approximate surface area is 171 Å². The van der Waals surface area contributed by atoms with Gasteiger partial charge in [-0.2, -0.15) is 0 Å². The maximum absolute atomic E-state index is 14.6. The van der Waals surface area contributed by atoms with E-state index < -0.39 is 21.9 Å². The lowest BCUT2D eigenvalue weighted by Gasteiger charge is -2.36. The van der Waals surface area contributed by atoms with E-state index in [0.717, 1.165) is 0 Å². The first-order chi connectivity index (χ1) is 13.7. The number of aliphatic hydroxyl groups is 1. The number of benzene rings is 2. The summed E-state index contributed by atoms with van der Waals surface area (Å²) in [5.74, 6) is -0.551. The third-order valence-corrected chi connectivity index (χ3v) is 5.59. The largest absolute Gasteiger partial charge is 0.380 e. The van der Waals surface area contributed by atoms with Gasteiger partial charge in [-0.05, 0) is 51.8 Å². The summed E-state index contributed by atoms with van der Waals surface area (Å²) in [5, 5.41) is 24.8. The number of anilines is 2. The van der Waals surface area contributed by atoms with E-state index in [1.165, 1.54) is 41.9 Å². The zero-order valence-corrected chi connectivity index (χ0v) is 16.7. The highest BCUT2D eigenvalue weighted by Crippen LogP contribution is 2.36. The number of rotatable bonds is 4. The van der Waals surface area contributed by atoms with Crippen LogP contribution in [0.2, 0.25) is 0 Å². The van der Waals surface area contributed by atoms with Gasteiger partial charge in [0, 0.05) is 18.5 Å². The van der Waals surface area contributed by atoms with Crippen LogP contribution in [0, 0.1) is 15.9 Å². The van der Waals surface area contributed by atoms with E-state index in [1.807, 2.05) is 0 Å². The smallest absolute Gasteiger partial charge is 0.292 e. The molecule has 0 amide bonds. The molecule has 1 aliphatic heterocycles. The Morgan fingerprint density at radius 2 is 2.00 bits per heavy atom. The molecule has 0 spiro atoms. The topological polar surface area (TPSA) is 107 Å². The van der Waals surface area contributed by atoms with Crippen LogP contribution in [0.4, 0.5) is 21.5 Å². The van der Waals surface area contributed by atoms with E-state index in [2.05, 4.69) is 21.2 Å². The molecule has 2 aromatic carbocycles. The van der Waals surface area contributed by atoms with Crippen LogP contribution in [0.25, 0.3) is 10.9 Å². The van der Waals surface area contributed by atoms with Gasteiger partial charge >= 0.3 is 0 Å². The Morgan fingerprint density at radius 1 is 1.28 bits per heavy atom. The summed E-state index contributed by atoms with van der Waals surface area (Å²) in [6.45, 7) is 0.141. The average Bonchev–Trinajstić information content (AvgIpc) is 2.67. The lowest BCUT2D eigenvalue weighted by atomic mass is 9.91. The normalized spacial score (nSPS) is 15.2. The first-order valence-electron chi connectivity index (χ1n) is 8.55. The fourth-order valence-electron chi connectivity index (χ4n) is 3.26. The SMILES string of the molecule is Cn1c(=O)c(Nc2cc(C3(O)COC3)ccc2[N+](=O)[O-])cc2c(F)c(Br)ccc21. The highest BCUT2D eigenvalue weighted by Gasteiger charge is 2.39. The van der Waals surface area contributed by atoms with Crippen LogP contribution >= 0.6 is 15.9 Å². The second-order valence-electron chi connectivity index (χ2n) is 6.85. The Morgan fingerprint density at radius 3 is 2.62 bits per heavy atom. The van der Waals surface area contributed by atoms with Gasteiger partial charge in [0.15, 0.2) is 0 Å². The van der Waals surface area contributed by atoms with E-state index >= 15 is 0 Å². The molecule has 1 aliphatic rings. The molecule has 10 heteroatoms. The van der Waals surface area contributed by atoms with Crippen LogP contribution in [0.3, 0.4) is 0 Å². The maximum Gasteiger partial charge on any atom is 0.292 e. The third-order valence-electron chi connectivity index (χ3n) is 4.98. The van der Waals surface area contributed by atoms with Gasteiger partial charge in [0.05, 0.1) is 28.1 Å². The first kappa shape index (κ1) is 19.5. The number of nitrogens with one attached hydrogen (secondary N) is 1. The van der Waals surface area contributed by atoms with Gasteiger partial charge in [-0.25, -0.2) is 4.39 Å². The number of pyridine rings is 1. The molecule has 0 bridgehead atoms. The maximum atomic E-state index is 14.6. The lowest BCUT2D eigenvalue weighted by Crippen LogP contribution is -2.46. The van der Waals surface area contributed by atoms with Crippen LogP contribution in [-0.2, 0) is 17.4 Å². The molecule has 150 valence electrons. The monoisotopic (exact) mass is 463 g/mol. The Kier molecular flexibility index (Phi) is 4.64. The van der Waals surface area contributed by atoms with Crippen molar-refractivity contribution in [2.24, 2.45) is 7.05 Å². The predicted octanol–water partition coefficient (Wildman–Crippen LogP) is 3.31. The number of nitro groups is 1. The quantitative estimate of drug-likeness (QED) is 0.454. The zero-order valence-electron chi connectivity index (χ0n) is 15.1. The molecule has 2 heterocycles. The molecule has 1 fully saturated rings. The highest BCUT2D eigenvalue weighted by atomic mass is 79.9. The molecule has 0 unspecified atom stereocenters. The molecule has 3 aromatic rings. The molecule has 0 radical (unpaired) electrons. The van der Waals surface area contributed by atoms with Crippen molar-refractivity contribution in [1.29, 1.82) is 0 Å². The molecular weight excluding hydrogens is 449 g/mol. The summed E-state index contributed by atoms with van der Waals surface area (Å²) >= 11 is 3.12. The fourth-order valence-corrected chi connectivity index (χ4v) is 3.61. The average molecular weight is 464 g/mol. The minimum atomic E-state index is -1.24. The van der Waals surface area contributed by atoms with Crippen LogP contribution in [0.1, 0.15) is 5.56 Å². The fraction of sp³-hybridized carbons (Fsp3) is 0.211. The van der Waals surface area contributed by atoms with Crippen LogP contribution in [0.5, 0.6) is 0 Å². The van der Waals surface area contributed by atoms with Gasteiger partial charge in [-0.3, -0.25) is 14.9 Å². The van der Waals surface area contributed by atoms with E-state index in [1.54, 1.807) is 6.07 Å². The second-order valence-corrected chi connectivity index (χ2v) is 7.71. The van der Waals surface area contributed by atoms with Crippen molar-refractivity contribution in [3.05, 3.63) is 72.7 Å². The molecule has 4 rings (SSSR count). The molecule has 1 aromatic heterocycles. The number of halogens is 2. The van der Waals surface area contributed by atoms with Gasteiger partial charge in [-0.1, -0.05) is 0 Å². The van der Waals surface area contributed by atoms with Crippen molar-refractivity contribution < 1.29 is 19.2 Å². The van der Waals surface area contributed by atoms with E-state index in [4.69, 9.17) is 4.74 Å². The number of nitro benzene ring substituents is 1. The van der Waals surface area contributed by atoms with Crippen molar-refractivity contribution in [3.8, 4) is 0 Å². The molecule has 0 atom stereocenters. The van der Waals surface area contributed by atoms with Gasteiger partial charge in [0.1, 0.15) is 22.8 Å². The van der Waals surface area contributed by atoms with E-state index in [9.17, 15) is 24.4 Å². The number of aromatic nitrogens is 1. The van der Waals surface area contributed by atoms with Gasteiger partial charge < -0.3 is 19.7 Å². The van der Waals surface area contributed by atoms with Gasteiger partial charge in [0.25, 0.3) is 11.2 Å². The Balaban J connectivity index is 1.87. The van der Waals surface area contributed by atoms with Crippen molar-refractivity contribution in [3.63, 3.8) is 0 Å². The minimum absolute atomic E-state index is 0.0136. The molecule has 2 N–H and O–H groups in total. The number of hydrogen-bond acceptors (Lipinski definition) is 6. The summed E-state index contributed by atoms with van der Waals surface area (Å²) in [6.07, 6.45) is 0. The summed E-state index contributed by atoms with van der Waals surface area (Å²) in [5.41, 5.74) is -1.22. The van der Waals surface area contributed by atoms with Crippen molar-refractivity contribution >= 4 is 43.9 Å². The lowest BCUT2D eigenvalue weighted by molar-refractivity contribution is -0.384. The number of fused-ring (bicyclic) bond motifs is 1. The Hall–Kier alpha value is -2.82. The van der Waals surface area contributed by atoms with Crippen LogP contribution in [-0.4, -0.2) is 27.8 Å².